The summed E-state index contributed by atoms with van der Waals surface area (Å²) in [5, 5.41) is 2.87. The number of rotatable bonds is 4. The van der Waals surface area contributed by atoms with E-state index < -0.39 is 5.91 Å². The van der Waals surface area contributed by atoms with Crippen molar-refractivity contribution in [2.45, 2.75) is 46.2 Å². The minimum absolute atomic E-state index is 0.133. The molecule has 0 saturated carbocycles. The summed E-state index contributed by atoms with van der Waals surface area (Å²) < 4.78 is 3.49. The van der Waals surface area contributed by atoms with Gasteiger partial charge in [0.2, 0.25) is 0 Å². The lowest BCUT2D eigenvalue weighted by Crippen LogP contribution is -2.31. The Hall–Kier alpha value is -3.29. The molecule has 0 fully saturated rings. The number of carbonyl (C=O) groups excluding carboxylic acids is 1. The molecule has 0 saturated heterocycles. The monoisotopic (exact) mass is 378 g/mol. The van der Waals surface area contributed by atoms with Crippen LogP contribution in [0, 0.1) is 13.8 Å². The SMILES string of the molecule is Cc1cnc(Cn2ccc(C)c(C(=O)Nc3cnc4n3CCCC4)c2=O)cn1. The van der Waals surface area contributed by atoms with Crippen molar-refractivity contribution in [2.24, 2.45) is 0 Å². The van der Waals surface area contributed by atoms with Crippen LogP contribution in [0.5, 0.6) is 0 Å². The molecule has 0 radical (unpaired) electrons. The zero-order chi connectivity index (χ0) is 19.7. The van der Waals surface area contributed by atoms with Crippen molar-refractivity contribution < 1.29 is 4.79 Å². The highest BCUT2D eigenvalue weighted by Gasteiger charge is 2.20. The summed E-state index contributed by atoms with van der Waals surface area (Å²) in [5.74, 6) is 1.19. The van der Waals surface area contributed by atoms with E-state index in [4.69, 9.17) is 0 Å². The third kappa shape index (κ3) is 3.45. The van der Waals surface area contributed by atoms with E-state index in [1.807, 2.05) is 11.5 Å². The van der Waals surface area contributed by atoms with Gasteiger partial charge in [-0.3, -0.25) is 19.6 Å². The van der Waals surface area contributed by atoms with Crippen LogP contribution >= 0.6 is 0 Å². The second-order valence-electron chi connectivity index (χ2n) is 7.08. The molecule has 144 valence electrons. The zero-order valence-electron chi connectivity index (χ0n) is 16.0. The van der Waals surface area contributed by atoms with E-state index in [1.54, 1.807) is 37.8 Å². The molecule has 0 aliphatic carbocycles. The Kier molecular flexibility index (Phi) is 4.77. The summed E-state index contributed by atoms with van der Waals surface area (Å²) in [6.07, 6.45) is 9.71. The first-order chi connectivity index (χ1) is 13.5. The summed E-state index contributed by atoms with van der Waals surface area (Å²) in [5.41, 5.74) is 1.89. The molecule has 1 aliphatic rings. The lowest BCUT2D eigenvalue weighted by Gasteiger charge is -2.17. The van der Waals surface area contributed by atoms with Crippen LogP contribution in [0.15, 0.2) is 35.6 Å². The molecule has 28 heavy (non-hydrogen) atoms. The summed E-state index contributed by atoms with van der Waals surface area (Å²) >= 11 is 0. The number of aryl methyl sites for hydroxylation is 3. The van der Waals surface area contributed by atoms with Gasteiger partial charge in [-0.25, -0.2) is 4.98 Å². The molecular weight excluding hydrogens is 356 g/mol. The molecule has 0 aromatic carbocycles. The van der Waals surface area contributed by atoms with Crippen molar-refractivity contribution in [3.05, 3.63) is 69.5 Å². The van der Waals surface area contributed by atoms with E-state index in [-0.39, 0.29) is 17.7 Å². The standard InChI is InChI=1S/C20H22N6O2/c1-13-6-8-25(12-15-10-21-14(2)9-22-15)20(28)18(13)19(27)24-17-11-23-16-5-3-4-7-26(16)17/h6,8-11H,3-5,7,12H2,1-2H3,(H,24,27). The van der Waals surface area contributed by atoms with Gasteiger partial charge in [0.15, 0.2) is 0 Å². The summed E-state index contributed by atoms with van der Waals surface area (Å²) in [4.78, 5) is 38.7. The third-order valence-corrected chi connectivity index (χ3v) is 4.98. The Morgan fingerprint density at radius 3 is 2.79 bits per heavy atom. The van der Waals surface area contributed by atoms with E-state index in [2.05, 4.69) is 20.3 Å². The van der Waals surface area contributed by atoms with Crippen LogP contribution in [0.1, 0.15) is 46.0 Å². The predicted octanol–water partition coefficient (Wildman–Crippen LogP) is 2.09. The van der Waals surface area contributed by atoms with Gasteiger partial charge in [0, 0.05) is 25.4 Å². The van der Waals surface area contributed by atoms with Crippen molar-refractivity contribution >= 4 is 11.7 Å². The summed E-state index contributed by atoms with van der Waals surface area (Å²) in [6, 6.07) is 1.77. The summed E-state index contributed by atoms with van der Waals surface area (Å²) in [7, 11) is 0. The quantitative estimate of drug-likeness (QED) is 0.750. The van der Waals surface area contributed by atoms with Gasteiger partial charge in [-0.15, -0.1) is 0 Å². The van der Waals surface area contributed by atoms with Crippen molar-refractivity contribution in [2.75, 3.05) is 5.32 Å². The Morgan fingerprint density at radius 1 is 1.14 bits per heavy atom. The largest absolute Gasteiger partial charge is 0.315 e. The molecule has 0 spiro atoms. The number of hydrogen-bond acceptors (Lipinski definition) is 5. The normalized spacial score (nSPS) is 13.2. The average molecular weight is 378 g/mol. The average Bonchev–Trinajstić information content (AvgIpc) is 3.09. The van der Waals surface area contributed by atoms with Crippen molar-refractivity contribution in [3.63, 3.8) is 0 Å². The molecule has 1 aliphatic heterocycles. The highest BCUT2D eigenvalue weighted by molar-refractivity contribution is 6.04. The molecule has 3 aromatic heterocycles. The topological polar surface area (TPSA) is 94.7 Å². The van der Waals surface area contributed by atoms with Crippen molar-refractivity contribution in [3.8, 4) is 0 Å². The second-order valence-corrected chi connectivity index (χ2v) is 7.08. The molecule has 0 unspecified atom stereocenters. The fourth-order valence-electron chi connectivity index (χ4n) is 3.44. The zero-order valence-corrected chi connectivity index (χ0v) is 16.0. The van der Waals surface area contributed by atoms with Gasteiger partial charge in [-0.2, -0.15) is 0 Å². The Labute approximate surface area is 162 Å². The van der Waals surface area contributed by atoms with Crippen LogP contribution in [0.25, 0.3) is 0 Å². The maximum absolute atomic E-state index is 13.0. The Balaban J connectivity index is 1.62. The van der Waals surface area contributed by atoms with Crippen LogP contribution in [0.2, 0.25) is 0 Å². The predicted molar refractivity (Wildman–Crippen MR) is 104 cm³/mol. The van der Waals surface area contributed by atoms with Gasteiger partial charge in [-0.1, -0.05) is 0 Å². The molecule has 8 nitrogen and oxygen atoms in total. The molecule has 8 heteroatoms. The van der Waals surface area contributed by atoms with Crippen LogP contribution in [0.3, 0.4) is 0 Å². The van der Waals surface area contributed by atoms with Crippen LogP contribution in [0.4, 0.5) is 5.82 Å². The highest BCUT2D eigenvalue weighted by atomic mass is 16.2. The maximum atomic E-state index is 13.0. The van der Waals surface area contributed by atoms with Crippen LogP contribution < -0.4 is 10.9 Å². The second kappa shape index (κ2) is 7.38. The Morgan fingerprint density at radius 2 is 2.00 bits per heavy atom. The van der Waals surface area contributed by atoms with E-state index in [0.29, 0.717) is 17.1 Å². The number of amides is 1. The third-order valence-electron chi connectivity index (χ3n) is 4.98. The van der Waals surface area contributed by atoms with E-state index in [0.717, 1.165) is 37.3 Å². The van der Waals surface area contributed by atoms with Crippen molar-refractivity contribution in [1.29, 1.82) is 0 Å². The molecule has 0 bridgehead atoms. The van der Waals surface area contributed by atoms with Gasteiger partial charge in [0.25, 0.3) is 11.5 Å². The number of anilines is 1. The first kappa shape index (κ1) is 18.1. The van der Waals surface area contributed by atoms with Gasteiger partial charge >= 0.3 is 0 Å². The smallest absolute Gasteiger partial charge is 0.264 e. The van der Waals surface area contributed by atoms with Gasteiger partial charge in [0.05, 0.1) is 30.3 Å². The highest BCUT2D eigenvalue weighted by Crippen LogP contribution is 2.20. The van der Waals surface area contributed by atoms with E-state index >= 15 is 0 Å². The minimum Gasteiger partial charge on any atom is -0.315 e. The van der Waals surface area contributed by atoms with Gasteiger partial charge in [-0.05, 0) is 38.3 Å². The first-order valence-corrected chi connectivity index (χ1v) is 9.36. The minimum atomic E-state index is -0.417. The number of nitrogens with one attached hydrogen (secondary N) is 1. The number of pyridine rings is 1. The van der Waals surface area contributed by atoms with Gasteiger partial charge in [0.1, 0.15) is 17.2 Å². The number of nitrogens with zero attached hydrogens (tertiary/aromatic N) is 5. The molecule has 1 amide bonds. The number of carbonyl (C=O) groups is 1. The van der Waals surface area contributed by atoms with Crippen LogP contribution in [-0.4, -0.2) is 30.0 Å². The van der Waals surface area contributed by atoms with Gasteiger partial charge < -0.3 is 14.5 Å². The lowest BCUT2D eigenvalue weighted by atomic mass is 10.1. The molecule has 0 atom stereocenters. The van der Waals surface area contributed by atoms with Crippen LogP contribution in [-0.2, 0) is 19.5 Å². The number of hydrogen-bond donors (Lipinski definition) is 1. The molecular formula is C20H22N6O2. The van der Waals surface area contributed by atoms with E-state index in [9.17, 15) is 9.59 Å². The Bertz CT molecular complexity index is 1080. The fourth-order valence-corrected chi connectivity index (χ4v) is 3.44. The number of fused-ring (bicyclic) bond motifs is 1. The lowest BCUT2D eigenvalue weighted by molar-refractivity contribution is 0.102. The molecule has 4 rings (SSSR count). The number of imidazole rings is 1. The first-order valence-electron chi connectivity index (χ1n) is 9.36. The molecule has 3 aromatic rings. The van der Waals surface area contributed by atoms with Crippen molar-refractivity contribution in [1.82, 2.24) is 24.1 Å². The molecule has 4 heterocycles. The fraction of sp³-hybridized carbons (Fsp3) is 0.350. The van der Waals surface area contributed by atoms with E-state index in [1.165, 1.54) is 4.57 Å². The summed E-state index contributed by atoms with van der Waals surface area (Å²) in [6.45, 7) is 4.70. The molecule has 1 N–H and O–H groups in total. The number of aromatic nitrogens is 5. The maximum Gasteiger partial charge on any atom is 0.264 e.